The van der Waals surface area contributed by atoms with Gasteiger partial charge < -0.3 is 14.8 Å². The first kappa shape index (κ1) is 19.8. The van der Waals surface area contributed by atoms with E-state index in [-0.39, 0.29) is 11.4 Å². The molecule has 0 atom stereocenters. The number of benzene rings is 1. The van der Waals surface area contributed by atoms with Crippen molar-refractivity contribution >= 4 is 17.3 Å². The Morgan fingerprint density at radius 1 is 1.07 bits per heavy atom. The summed E-state index contributed by atoms with van der Waals surface area (Å²) in [5.41, 5.74) is -2.27. The van der Waals surface area contributed by atoms with Gasteiger partial charge in [-0.25, -0.2) is 8.78 Å². The second-order valence-corrected chi connectivity index (χ2v) is 6.41. The van der Waals surface area contributed by atoms with E-state index in [4.69, 9.17) is 0 Å². The molecule has 1 aliphatic heterocycles. The molecule has 0 aliphatic carbocycles. The predicted molar refractivity (Wildman–Crippen MR) is 92.1 cm³/mol. The van der Waals surface area contributed by atoms with Gasteiger partial charge >= 0.3 is 6.18 Å². The summed E-state index contributed by atoms with van der Waals surface area (Å²) in [4.78, 5) is 25.3. The topological polar surface area (TPSA) is 54.3 Å². The molecule has 0 radical (unpaired) electrons. The molecule has 2 heterocycles. The molecule has 1 amide bonds. The van der Waals surface area contributed by atoms with E-state index in [1.54, 1.807) is 4.90 Å². The lowest BCUT2D eigenvalue weighted by Gasteiger charge is -2.20. The number of nitrogens with zero attached hydrogens (tertiary/aromatic N) is 2. The minimum atomic E-state index is -4.68. The summed E-state index contributed by atoms with van der Waals surface area (Å²) < 4.78 is 67.3. The molecule has 1 aromatic carbocycles. The molecule has 10 heteroatoms. The lowest BCUT2D eigenvalue weighted by molar-refractivity contribution is -0.138. The lowest BCUT2D eigenvalue weighted by Crippen LogP contribution is -2.28. The number of anilines is 2. The average molecular weight is 401 g/mol. The van der Waals surface area contributed by atoms with E-state index in [0.29, 0.717) is 36.0 Å². The maximum absolute atomic E-state index is 14.3. The first-order valence-electron chi connectivity index (χ1n) is 8.46. The standard InChI is InChI=1S/C18H16F5N3O2/c19-13-7-12(8-14(20)17(13)25-5-1-2-6-25)24-15(27)10-26-9-11(18(21,22)23)3-4-16(26)28/h3-4,7-9H,1-2,5-6,10H2,(H,24,27). The largest absolute Gasteiger partial charge is 0.417 e. The van der Waals surface area contributed by atoms with Crippen molar-refractivity contribution in [1.82, 2.24) is 4.57 Å². The van der Waals surface area contributed by atoms with E-state index in [0.717, 1.165) is 25.0 Å². The minimum absolute atomic E-state index is 0.176. The predicted octanol–water partition coefficient (Wildman–Crippen LogP) is 3.38. The zero-order valence-electron chi connectivity index (χ0n) is 14.5. The number of rotatable bonds is 4. The number of amides is 1. The molecule has 5 nitrogen and oxygen atoms in total. The van der Waals surface area contributed by atoms with Gasteiger partial charge in [-0.2, -0.15) is 13.2 Å². The fourth-order valence-electron chi connectivity index (χ4n) is 3.06. The third-order valence-electron chi connectivity index (χ3n) is 4.35. The maximum Gasteiger partial charge on any atom is 0.417 e. The molecule has 0 bridgehead atoms. The summed E-state index contributed by atoms with van der Waals surface area (Å²) in [5, 5.41) is 2.20. The highest BCUT2D eigenvalue weighted by molar-refractivity contribution is 5.90. The second kappa shape index (κ2) is 7.61. The van der Waals surface area contributed by atoms with E-state index >= 15 is 0 Å². The quantitative estimate of drug-likeness (QED) is 0.800. The number of nitrogens with one attached hydrogen (secondary N) is 1. The van der Waals surface area contributed by atoms with Gasteiger partial charge in [0.15, 0.2) is 11.6 Å². The molecule has 1 fully saturated rings. The van der Waals surface area contributed by atoms with Gasteiger partial charge in [0.25, 0.3) is 5.56 Å². The van der Waals surface area contributed by atoms with Crippen LogP contribution in [-0.4, -0.2) is 23.6 Å². The van der Waals surface area contributed by atoms with Crippen LogP contribution in [0.25, 0.3) is 0 Å². The van der Waals surface area contributed by atoms with Gasteiger partial charge in [-0.3, -0.25) is 9.59 Å². The highest BCUT2D eigenvalue weighted by atomic mass is 19.4. The van der Waals surface area contributed by atoms with Gasteiger partial charge in [-0.15, -0.1) is 0 Å². The highest BCUT2D eigenvalue weighted by Gasteiger charge is 2.31. The monoisotopic (exact) mass is 401 g/mol. The Kier molecular flexibility index (Phi) is 5.39. The minimum Gasteiger partial charge on any atom is -0.367 e. The van der Waals surface area contributed by atoms with Gasteiger partial charge in [0.1, 0.15) is 12.2 Å². The van der Waals surface area contributed by atoms with Crippen molar-refractivity contribution in [1.29, 1.82) is 0 Å². The number of hydrogen-bond donors (Lipinski definition) is 1. The van der Waals surface area contributed by atoms with E-state index in [1.165, 1.54) is 0 Å². The molecule has 2 aromatic rings. The Labute approximate surface area is 156 Å². The van der Waals surface area contributed by atoms with Gasteiger partial charge in [0.05, 0.1) is 5.56 Å². The van der Waals surface area contributed by atoms with Crippen LogP contribution >= 0.6 is 0 Å². The van der Waals surface area contributed by atoms with Crippen molar-refractivity contribution in [3.63, 3.8) is 0 Å². The van der Waals surface area contributed by atoms with Crippen LogP contribution in [0.5, 0.6) is 0 Å². The number of pyridine rings is 1. The number of aromatic nitrogens is 1. The lowest BCUT2D eigenvalue weighted by atomic mass is 10.2. The van der Waals surface area contributed by atoms with Crippen molar-refractivity contribution < 1.29 is 26.7 Å². The van der Waals surface area contributed by atoms with Crippen LogP contribution in [0.3, 0.4) is 0 Å². The fourth-order valence-corrected chi connectivity index (χ4v) is 3.06. The van der Waals surface area contributed by atoms with Crippen LogP contribution in [0, 0.1) is 11.6 Å². The van der Waals surface area contributed by atoms with Gasteiger partial charge in [-0.05, 0) is 31.0 Å². The summed E-state index contributed by atoms with van der Waals surface area (Å²) in [5.74, 6) is -2.60. The fraction of sp³-hybridized carbons (Fsp3) is 0.333. The number of alkyl halides is 3. The van der Waals surface area contributed by atoms with E-state index < -0.39 is 41.4 Å². The number of hydrogen-bond acceptors (Lipinski definition) is 3. The molecular weight excluding hydrogens is 385 g/mol. The highest BCUT2D eigenvalue weighted by Crippen LogP contribution is 2.30. The molecule has 1 N–H and O–H groups in total. The molecule has 1 aliphatic rings. The average Bonchev–Trinajstić information content (AvgIpc) is 3.09. The van der Waals surface area contributed by atoms with Crippen LogP contribution in [0.15, 0.2) is 35.3 Å². The van der Waals surface area contributed by atoms with Crippen molar-refractivity contribution in [2.24, 2.45) is 0 Å². The molecule has 150 valence electrons. The zero-order valence-corrected chi connectivity index (χ0v) is 14.5. The van der Waals surface area contributed by atoms with Crippen molar-refractivity contribution in [2.45, 2.75) is 25.6 Å². The van der Waals surface area contributed by atoms with Crippen molar-refractivity contribution in [2.75, 3.05) is 23.3 Å². The number of halogens is 5. The summed E-state index contributed by atoms with van der Waals surface area (Å²) >= 11 is 0. The van der Waals surface area contributed by atoms with Crippen LogP contribution in [0.1, 0.15) is 18.4 Å². The Balaban J connectivity index is 1.76. The van der Waals surface area contributed by atoms with Gasteiger partial charge in [0, 0.05) is 31.0 Å². The Hall–Kier alpha value is -2.91. The Bertz CT molecular complexity index is 926. The van der Waals surface area contributed by atoms with Gasteiger partial charge in [0.2, 0.25) is 5.91 Å². The third kappa shape index (κ3) is 4.32. The molecule has 28 heavy (non-hydrogen) atoms. The third-order valence-corrected chi connectivity index (χ3v) is 4.35. The van der Waals surface area contributed by atoms with Crippen molar-refractivity contribution in [3.8, 4) is 0 Å². The van der Waals surface area contributed by atoms with Crippen LogP contribution < -0.4 is 15.8 Å². The van der Waals surface area contributed by atoms with Crippen molar-refractivity contribution in [3.05, 3.63) is 58.0 Å². The molecule has 0 saturated carbocycles. The summed E-state index contributed by atoms with van der Waals surface area (Å²) in [6.07, 6.45) is -2.52. The van der Waals surface area contributed by atoms with Crippen LogP contribution in [-0.2, 0) is 17.5 Å². The zero-order chi connectivity index (χ0) is 20.5. The summed E-state index contributed by atoms with van der Waals surface area (Å²) in [7, 11) is 0. The van der Waals surface area contributed by atoms with E-state index in [2.05, 4.69) is 5.32 Å². The molecule has 1 saturated heterocycles. The maximum atomic E-state index is 14.3. The molecular formula is C18H16F5N3O2. The SMILES string of the molecule is O=C(Cn1cc(C(F)(F)F)ccc1=O)Nc1cc(F)c(N2CCCC2)c(F)c1. The first-order valence-corrected chi connectivity index (χ1v) is 8.46. The number of carbonyl (C=O) groups is 1. The smallest absolute Gasteiger partial charge is 0.367 e. The van der Waals surface area contributed by atoms with Crippen LogP contribution in [0.4, 0.5) is 33.3 Å². The van der Waals surface area contributed by atoms with Gasteiger partial charge in [-0.1, -0.05) is 0 Å². The Morgan fingerprint density at radius 3 is 2.25 bits per heavy atom. The summed E-state index contributed by atoms with van der Waals surface area (Å²) in [6.45, 7) is 0.315. The molecule has 1 aromatic heterocycles. The Morgan fingerprint density at radius 2 is 1.68 bits per heavy atom. The molecule has 3 rings (SSSR count). The number of carbonyl (C=O) groups excluding carboxylic acids is 1. The molecule has 0 unspecified atom stereocenters. The van der Waals surface area contributed by atoms with E-state index in [1.807, 2.05) is 0 Å². The normalized spacial score (nSPS) is 14.4. The summed E-state index contributed by atoms with van der Waals surface area (Å²) in [6, 6.07) is 3.17. The molecule has 0 spiro atoms. The van der Waals surface area contributed by atoms with E-state index in [9.17, 15) is 31.5 Å². The second-order valence-electron chi connectivity index (χ2n) is 6.41. The first-order chi connectivity index (χ1) is 13.1. The van der Waals surface area contributed by atoms with Crippen LogP contribution in [0.2, 0.25) is 0 Å².